The van der Waals surface area contributed by atoms with Gasteiger partial charge in [-0.2, -0.15) is 0 Å². The molecule has 0 aliphatic carbocycles. The van der Waals surface area contributed by atoms with Crippen molar-refractivity contribution < 1.29 is 23.8 Å². The van der Waals surface area contributed by atoms with E-state index in [0.29, 0.717) is 24.2 Å². The predicted molar refractivity (Wildman–Crippen MR) is 163 cm³/mol. The van der Waals surface area contributed by atoms with Crippen molar-refractivity contribution in [3.05, 3.63) is 54.6 Å². The number of benzene rings is 1. The Morgan fingerprint density at radius 2 is 1.98 bits per heavy atom. The number of hydrogen-bond acceptors (Lipinski definition) is 10. The summed E-state index contributed by atoms with van der Waals surface area (Å²) < 4.78 is 18.6. The fourth-order valence-electron chi connectivity index (χ4n) is 6.11. The molecule has 3 atom stereocenters. The van der Waals surface area contributed by atoms with Gasteiger partial charge in [-0.05, 0) is 52.7 Å². The quantitative estimate of drug-likeness (QED) is 0.308. The zero-order valence-corrected chi connectivity index (χ0v) is 25.8. The fraction of sp³-hybridized carbons (Fsp3) is 0.452. The molecule has 3 aromatic heterocycles. The van der Waals surface area contributed by atoms with Gasteiger partial charge in [0.05, 0.1) is 41.8 Å². The molecule has 43 heavy (non-hydrogen) atoms. The van der Waals surface area contributed by atoms with Crippen molar-refractivity contribution in [2.24, 2.45) is 5.41 Å². The summed E-state index contributed by atoms with van der Waals surface area (Å²) >= 11 is 1.52. The van der Waals surface area contributed by atoms with Crippen LogP contribution in [0.1, 0.15) is 50.9 Å². The molecule has 226 valence electrons. The highest BCUT2D eigenvalue weighted by atomic mass is 32.2. The molecule has 2 saturated heterocycles. The number of para-hydroxylation sites is 1. The Morgan fingerprint density at radius 3 is 2.72 bits per heavy atom. The van der Waals surface area contributed by atoms with Crippen LogP contribution in [0, 0.1) is 5.41 Å². The van der Waals surface area contributed by atoms with E-state index < -0.39 is 17.7 Å². The van der Waals surface area contributed by atoms with Crippen LogP contribution in [0.25, 0.3) is 16.6 Å². The number of aromatic nitrogens is 4. The summed E-state index contributed by atoms with van der Waals surface area (Å²) in [5.41, 5.74) is 1.01. The molecule has 1 N–H and O–H groups in total. The maximum absolute atomic E-state index is 12.9. The first-order valence-electron chi connectivity index (χ1n) is 14.4. The molecule has 0 bridgehead atoms. The van der Waals surface area contributed by atoms with Gasteiger partial charge in [-0.3, -0.25) is 9.38 Å². The number of imidazole rings is 1. The average Bonchev–Trinajstić information content (AvgIpc) is 3.61. The molecular weight excluding hydrogens is 568 g/mol. The van der Waals surface area contributed by atoms with Crippen molar-refractivity contribution in [1.82, 2.24) is 24.7 Å². The van der Waals surface area contributed by atoms with E-state index in [4.69, 9.17) is 19.2 Å². The van der Waals surface area contributed by atoms with E-state index in [2.05, 4.69) is 27.1 Å². The Balaban J connectivity index is 1.30. The second kappa shape index (κ2) is 11.3. The molecule has 5 heterocycles. The van der Waals surface area contributed by atoms with Crippen molar-refractivity contribution in [3.63, 3.8) is 0 Å². The summed E-state index contributed by atoms with van der Waals surface area (Å²) in [5, 5.41) is 4.01. The lowest BCUT2D eigenvalue weighted by molar-refractivity contribution is 0.0384. The zero-order chi connectivity index (χ0) is 30.4. The Bertz CT molecular complexity index is 1690. The van der Waals surface area contributed by atoms with Crippen LogP contribution in [0.3, 0.4) is 0 Å². The molecule has 2 unspecified atom stereocenters. The summed E-state index contributed by atoms with van der Waals surface area (Å²) in [5.74, 6) is 0.325. The number of carbonyl (C=O) groups excluding carboxylic acids is 2. The smallest absolute Gasteiger partial charge is 0.407 e. The second-order valence-electron chi connectivity index (χ2n) is 12.2. The van der Waals surface area contributed by atoms with Crippen LogP contribution in [0.4, 0.5) is 10.7 Å². The first-order chi connectivity index (χ1) is 20.6. The number of anilines is 1. The van der Waals surface area contributed by atoms with Gasteiger partial charge in [0.1, 0.15) is 5.60 Å². The van der Waals surface area contributed by atoms with E-state index >= 15 is 0 Å². The minimum absolute atomic E-state index is 0.136. The molecule has 12 heteroatoms. The molecule has 2 aliphatic heterocycles. The lowest BCUT2D eigenvalue weighted by Crippen LogP contribution is -2.60. The van der Waals surface area contributed by atoms with E-state index in [1.54, 1.807) is 18.5 Å². The molecule has 11 nitrogen and oxygen atoms in total. The number of hydrogen-bond donors (Lipinski definition) is 1. The average molecular weight is 605 g/mol. The number of methoxy groups -OCH3 is 1. The van der Waals surface area contributed by atoms with Crippen LogP contribution < -0.4 is 10.2 Å². The number of esters is 1. The van der Waals surface area contributed by atoms with Gasteiger partial charge in [-0.25, -0.2) is 19.6 Å². The normalized spacial score (nSPS) is 22.3. The van der Waals surface area contributed by atoms with Crippen LogP contribution in [0.2, 0.25) is 0 Å². The zero-order valence-electron chi connectivity index (χ0n) is 25.0. The third-order valence-corrected chi connectivity index (χ3v) is 9.16. The lowest BCUT2D eigenvalue weighted by atomic mass is 9.73. The minimum Gasteiger partial charge on any atom is -0.465 e. The van der Waals surface area contributed by atoms with Crippen molar-refractivity contribution in [3.8, 4) is 0 Å². The van der Waals surface area contributed by atoms with Gasteiger partial charge in [-0.15, -0.1) is 0 Å². The van der Waals surface area contributed by atoms with Crippen LogP contribution in [-0.4, -0.2) is 76.0 Å². The van der Waals surface area contributed by atoms with Crippen LogP contribution in [0.5, 0.6) is 0 Å². The number of rotatable bonds is 5. The van der Waals surface area contributed by atoms with Gasteiger partial charge in [0.2, 0.25) is 5.95 Å². The third-order valence-electron chi connectivity index (χ3n) is 8.07. The summed E-state index contributed by atoms with van der Waals surface area (Å²) in [6.45, 7) is 9.60. The molecule has 4 aromatic rings. The largest absolute Gasteiger partial charge is 0.465 e. The summed E-state index contributed by atoms with van der Waals surface area (Å²) in [4.78, 5) is 43.2. The number of carbonyl (C=O) groups is 2. The van der Waals surface area contributed by atoms with Gasteiger partial charge in [0.15, 0.2) is 5.65 Å². The Hall–Kier alpha value is -3.90. The highest BCUT2D eigenvalue weighted by Gasteiger charge is 2.49. The van der Waals surface area contributed by atoms with E-state index in [-0.39, 0.29) is 17.6 Å². The third kappa shape index (κ3) is 5.73. The van der Waals surface area contributed by atoms with E-state index in [1.165, 1.54) is 18.9 Å². The highest BCUT2D eigenvalue weighted by Crippen LogP contribution is 2.43. The van der Waals surface area contributed by atoms with Crippen LogP contribution in [-0.2, 0) is 14.2 Å². The van der Waals surface area contributed by atoms with Gasteiger partial charge in [-0.1, -0.05) is 23.9 Å². The number of ether oxygens (including phenoxy) is 3. The van der Waals surface area contributed by atoms with Crippen molar-refractivity contribution >= 4 is 46.3 Å². The SMILES string of the molecule is COC(=O)c1cccc2c(Sc3cnc(N4CCC5(CO[C@@H](C)C5)C(NC(=O)OC(C)(C)C)C4)n4ccnc34)ccnc12. The van der Waals surface area contributed by atoms with E-state index in [0.717, 1.165) is 46.2 Å². The van der Waals surface area contributed by atoms with Gasteiger partial charge < -0.3 is 24.4 Å². The van der Waals surface area contributed by atoms with Crippen molar-refractivity contribution in [2.45, 2.75) is 68.1 Å². The first-order valence-corrected chi connectivity index (χ1v) is 15.2. The number of piperidine rings is 1. The summed E-state index contributed by atoms with van der Waals surface area (Å²) in [6.07, 6.45) is 8.63. The molecule has 0 radical (unpaired) electrons. The first kappa shape index (κ1) is 29.2. The molecule has 2 aliphatic rings. The molecule has 1 spiro atoms. The monoisotopic (exact) mass is 604 g/mol. The fourth-order valence-corrected chi connectivity index (χ4v) is 7.09. The Morgan fingerprint density at radius 1 is 1.14 bits per heavy atom. The number of fused-ring (bicyclic) bond motifs is 2. The van der Waals surface area contributed by atoms with Crippen LogP contribution >= 0.6 is 11.8 Å². The topological polar surface area (TPSA) is 120 Å². The van der Waals surface area contributed by atoms with E-state index in [1.807, 2.05) is 55.8 Å². The summed E-state index contributed by atoms with van der Waals surface area (Å²) in [7, 11) is 1.36. The standard InChI is InChI=1S/C31H36N6O5S/c1-19-15-31(18-41-19)10-13-36(17-24(31)35-29(39)42-30(2,3)4)28-34-16-23(26-33-12-14-37(26)28)43-22-9-11-32-25-20(22)7-6-8-21(25)27(38)40-5/h6-9,11-12,14,16,19,24H,10,13,15,17-18H2,1-5H3,(H,35,39)/t19-,24?,31?/m0/s1. The predicted octanol–water partition coefficient (Wildman–Crippen LogP) is 5.11. The molecule has 1 aromatic carbocycles. The van der Waals surface area contributed by atoms with Gasteiger partial charge in [0.25, 0.3) is 0 Å². The van der Waals surface area contributed by atoms with Crippen molar-refractivity contribution in [1.29, 1.82) is 0 Å². The van der Waals surface area contributed by atoms with Gasteiger partial charge >= 0.3 is 12.1 Å². The molecule has 1 amide bonds. The molecular formula is C31H36N6O5S. The van der Waals surface area contributed by atoms with Crippen LogP contribution in [0.15, 0.2) is 58.8 Å². The Labute approximate surface area is 254 Å². The maximum Gasteiger partial charge on any atom is 0.407 e. The lowest BCUT2D eigenvalue weighted by Gasteiger charge is -2.45. The molecule has 0 saturated carbocycles. The molecule has 2 fully saturated rings. The number of alkyl carbamates (subject to hydrolysis) is 1. The number of pyridine rings is 1. The van der Waals surface area contributed by atoms with Crippen molar-refractivity contribution in [2.75, 3.05) is 31.7 Å². The number of amides is 1. The number of nitrogens with one attached hydrogen (secondary N) is 1. The summed E-state index contributed by atoms with van der Waals surface area (Å²) in [6, 6.07) is 7.22. The molecule has 6 rings (SSSR count). The Kier molecular flexibility index (Phi) is 7.67. The van der Waals surface area contributed by atoms with E-state index in [9.17, 15) is 9.59 Å². The highest BCUT2D eigenvalue weighted by molar-refractivity contribution is 7.99. The number of nitrogens with zero attached hydrogens (tertiary/aromatic N) is 5. The second-order valence-corrected chi connectivity index (χ2v) is 13.3. The van der Waals surface area contributed by atoms with Gasteiger partial charge in [0, 0.05) is 53.6 Å². The minimum atomic E-state index is -0.593. The maximum atomic E-state index is 12.9.